The van der Waals surface area contributed by atoms with E-state index < -0.39 is 14.2 Å². The van der Waals surface area contributed by atoms with Gasteiger partial charge in [0.25, 0.3) is 5.91 Å². The van der Waals surface area contributed by atoms with Gasteiger partial charge in [0.2, 0.25) is 8.32 Å². The van der Waals surface area contributed by atoms with E-state index in [4.69, 9.17) is 20.9 Å². The summed E-state index contributed by atoms with van der Waals surface area (Å²) < 4.78 is 8.67. The molecule has 1 aliphatic carbocycles. The third-order valence-corrected chi connectivity index (χ3v) is 11.8. The van der Waals surface area contributed by atoms with Crippen molar-refractivity contribution in [1.29, 1.82) is 0 Å². The Morgan fingerprint density at radius 2 is 1.81 bits per heavy atom. The minimum absolute atomic E-state index is 0.0804. The number of benzene rings is 1. The number of carbonyl (C=O) groups is 1. The number of aromatic nitrogens is 2. The summed E-state index contributed by atoms with van der Waals surface area (Å²) in [5.74, 6) is 0.698. The van der Waals surface area contributed by atoms with Crippen LogP contribution in [0, 0.1) is 20.8 Å². The van der Waals surface area contributed by atoms with Gasteiger partial charge in [0.05, 0.1) is 11.3 Å². The van der Waals surface area contributed by atoms with Gasteiger partial charge in [-0.2, -0.15) is 0 Å². The monoisotopic (exact) mass is 450 g/mol. The van der Waals surface area contributed by atoms with Gasteiger partial charge < -0.3 is 15.9 Å². The van der Waals surface area contributed by atoms with Gasteiger partial charge in [-0.3, -0.25) is 9.36 Å². The van der Waals surface area contributed by atoms with E-state index in [-0.39, 0.29) is 5.04 Å². The highest BCUT2D eigenvalue weighted by atomic mass is 28.4. The van der Waals surface area contributed by atoms with Crippen LogP contribution in [0.4, 0.5) is 5.82 Å². The number of hydrogen-bond acceptors (Lipinski definition) is 4. The van der Waals surface area contributed by atoms with Crippen molar-refractivity contribution in [3.8, 4) is 11.4 Å². The van der Waals surface area contributed by atoms with E-state index >= 15 is 0 Å². The van der Waals surface area contributed by atoms with Gasteiger partial charge in [-0.05, 0) is 80.6 Å². The zero-order valence-electron chi connectivity index (χ0n) is 20.4. The van der Waals surface area contributed by atoms with Crippen LogP contribution >= 0.6 is 0 Å². The molecule has 0 unspecified atom stereocenters. The molecule has 0 atom stereocenters. The number of primary amides is 1. The standard InChI is InChI=1S/C25H34N4O2Si/c1-13-11-18-20(23(27)30)22(26)29(24(18)28-15(13)3)21-14(2)19(12-16-9-10-17(16)21)31-32(7,8)25(4,5)6/h11-12H,9-10,26H2,1-8H3,(H2,27,30). The molecule has 170 valence electrons. The topological polar surface area (TPSA) is 96.2 Å². The van der Waals surface area contributed by atoms with Crippen molar-refractivity contribution in [2.45, 2.75) is 72.5 Å². The summed E-state index contributed by atoms with van der Waals surface area (Å²) in [5, 5.41) is 0.776. The Kier molecular flexibility index (Phi) is 4.97. The molecule has 0 spiro atoms. The zero-order valence-corrected chi connectivity index (χ0v) is 21.4. The van der Waals surface area contributed by atoms with E-state index in [1.54, 1.807) is 0 Å². The van der Waals surface area contributed by atoms with E-state index in [9.17, 15) is 4.79 Å². The SMILES string of the molecule is Cc1cc2c(C(N)=O)c(N)n(-c3c(C)c(O[Si](C)(C)C(C)(C)C)cc4c3CC4)c2nc1C. The number of carbonyl (C=O) groups excluding carboxylic acids is 1. The number of anilines is 1. The minimum atomic E-state index is -2.04. The zero-order chi connectivity index (χ0) is 23.7. The average molecular weight is 451 g/mol. The van der Waals surface area contributed by atoms with E-state index in [2.05, 4.69) is 46.9 Å². The normalized spacial score (nSPS) is 13.8. The Bertz CT molecular complexity index is 1280. The number of nitrogens with zero attached hydrogens (tertiary/aromatic N) is 2. The first kappa shape index (κ1) is 22.4. The van der Waals surface area contributed by atoms with Gasteiger partial charge in [0.15, 0.2) is 0 Å². The van der Waals surface area contributed by atoms with E-state index in [1.807, 2.05) is 24.5 Å². The third kappa shape index (κ3) is 3.21. The minimum Gasteiger partial charge on any atom is -0.543 e. The lowest BCUT2D eigenvalue weighted by molar-refractivity contribution is 0.100. The molecule has 32 heavy (non-hydrogen) atoms. The highest BCUT2D eigenvalue weighted by Crippen LogP contribution is 2.44. The number of amides is 1. The van der Waals surface area contributed by atoms with E-state index in [1.165, 1.54) is 11.1 Å². The molecule has 1 amide bonds. The number of hydrogen-bond donors (Lipinski definition) is 2. The lowest BCUT2D eigenvalue weighted by Gasteiger charge is -2.38. The summed E-state index contributed by atoms with van der Waals surface area (Å²) in [6, 6.07) is 4.15. The predicted octanol–water partition coefficient (Wildman–Crippen LogP) is 5.11. The lowest BCUT2D eigenvalue weighted by Crippen LogP contribution is -2.44. The maximum Gasteiger partial charge on any atom is 0.253 e. The van der Waals surface area contributed by atoms with Gasteiger partial charge in [-0.1, -0.05) is 20.8 Å². The van der Waals surface area contributed by atoms with Crippen molar-refractivity contribution in [2.24, 2.45) is 5.73 Å². The molecule has 4 N–H and O–H groups in total. The summed E-state index contributed by atoms with van der Waals surface area (Å²) in [6.45, 7) is 17.2. The summed E-state index contributed by atoms with van der Waals surface area (Å²) in [5.41, 5.74) is 19.8. The number of nitrogens with two attached hydrogens (primary N) is 2. The Labute approximate surface area is 191 Å². The molecule has 6 nitrogen and oxygen atoms in total. The van der Waals surface area contributed by atoms with Gasteiger partial charge in [-0.15, -0.1) is 0 Å². The van der Waals surface area contributed by atoms with Gasteiger partial charge in [-0.25, -0.2) is 4.98 Å². The van der Waals surface area contributed by atoms with Crippen LogP contribution in [0.2, 0.25) is 18.1 Å². The molecule has 4 rings (SSSR count). The fraction of sp³-hybridized carbons (Fsp3) is 0.440. The van der Waals surface area contributed by atoms with Crippen LogP contribution in [0.15, 0.2) is 12.1 Å². The van der Waals surface area contributed by atoms with E-state index in [0.29, 0.717) is 22.4 Å². The average Bonchev–Trinajstić information content (AvgIpc) is 2.90. The van der Waals surface area contributed by atoms with Crippen LogP contribution in [0.25, 0.3) is 16.7 Å². The van der Waals surface area contributed by atoms with Crippen molar-refractivity contribution in [2.75, 3.05) is 5.73 Å². The van der Waals surface area contributed by atoms with E-state index in [0.717, 1.165) is 41.1 Å². The number of rotatable bonds is 4. The Balaban J connectivity index is 2.04. The molecule has 0 radical (unpaired) electrons. The van der Waals surface area contributed by atoms with Crippen molar-refractivity contribution in [3.63, 3.8) is 0 Å². The van der Waals surface area contributed by atoms with Gasteiger partial charge in [0, 0.05) is 16.6 Å². The fourth-order valence-corrected chi connectivity index (χ4v) is 5.23. The summed E-state index contributed by atoms with van der Waals surface area (Å²) in [4.78, 5) is 17.2. The fourth-order valence-electron chi connectivity index (χ4n) is 4.17. The van der Waals surface area contributed by atoms with Crippen molar-refractivity contribution < 1.29 is 9.22 Å². The molecular formula is C25H34N4O2Si. The molecule has 0 aliphatic heterocycles. The molecule has 3 aromatic rings. The van der Waals surface area contributed by atoms with Crippen LogP contribution in [0.3, 0.4) is 0 Å². The van der Waals surface area contributed by atoms with Crippen LogP contribution in [0.1, 0.15) is 59.1 Å². The first-order valence-electron chi connectivity index (χ1n) is 11.2. The summed E-state index contributed by atoms with van der Waals surface area (Å²) in [7, 11) is -2.04. The van der Waals surface area contributed by atoms with Crippen LogP contribution in [0.5, 0.6) is 5.75 Å². The molecule has 0 bridgehead atoms. The molecule has 1 aromatic carbocycles. The molecule has 2 aromatic heterocycles. The first-order chi connectivity index (χ1) is 14.7. The second kappa shape index (κ2) is 7.10. The second-order valence-corrected chi connectivity index (χ2v) is 15.3. The van der Waals surface area contributed by atoms with Gasteiger partial charge >= 0.3 is 0 Å². The molecule has 0 saturated heterocycles. The number of aryl methyl sites for hydroxylation is 3. The maximum atomic E-state index is 12.4. The first-order valence-corrected chi connectivity index (χ1v) is 14.1. The summed E-state index contributed by atoms with van der Waals surface area (Å²) in [6.07, 6.45) is 1.96. The quantitative estimate of drug-likeness (QED) is 0.540. The Morgan fingerprint density at radius 1 is 1.16 bits per heavy atom. The van der Waals surface area contributed by atoms with Crippen molar-refractivity contribution in [1.82, 2.24) is 9.55 Å². The largest absolute Gasteiger partial charge is 0.543 e. The second-order valence-electron chi connectivity index (χ2n) is 10.6. The Morgan fingerprint density at radius 3 is 2.34 bits per heavy atom. The highest BCUT2D eigenvalue weighted by molar-refractivity contribution is 6.74. The molecule has 0 saturated carbocycles. The molecular weight excluding hydrogens is 416 g/mol. The maximum absolute atomic E-state index is 12.4. The van der Waals surface area contributed by atoms with Crippen molar-refractivity contribution in [3.05, 3.63) is 45.6 Å². The van der Waals surface area contributed by atoms with Gasteiger partial charge in [0.1, 0.15) is 17.2 Å². The number of fused-ring (bicyclic) bond motifs is 2. The predicted molar refractivity (Wildman–Crippen MR) is 133 cm³/mol. The molecule has 1 aliphatic rings. The highest BCUT2D eigenvalue weighted by Gasteiger charge is 2.40. The smallest absolute Gasteiger partial charge is 0.253 e. The molecule has 0 fully saturated rings. The Hall–Kier alpha value is -2.80. The number of pyridine rings is 1. The molecule has 2 heterocycles. The third-order valence-electron chi connectivity index (χ3n) is 7.41. The summed E-state index contributed by atoms with van der Waals surface area (Å²) >= 11 is 0. The molecule has 7 heteroatoms. The van der Waals surface area contributed by atoms with Crippen LogP contribution < -0.4 is 15.9 Å². The van der Waals surface area contributed by atoms with Crippen LogP contribution in [-0.4, -0.2) is 23.8 Å². The lowest BCUT2D eigenvalue weighted by atomic mass is 9.85. The van der Waals surface area contributed by atoms with Crippen LogP contribution in [-0.2, 0) is 12.8 Å². The number of nitrogen functional groups attached to an aromatic ring is 1. The van der Waals surface area contributed by atoms with Crippen molar-refractivity contribution >= 4 is 31.1 Å².